The van der Waals surface area contributed by atoms with Crippen molar-refractivity contribution in [2.24, 2.45) is 0 Å². The third-order valence-corrected chi connectivity index (χ3v) is 3.26. The average Bonchev–Trinajstić information content (AvgIpc) is 2.86. The van der Waals surface area contributed by atoms with Gasteiger partial charge in [-0.2, -0.15) is 13.2 Å². The Balaban J connectivity index is 2.19. The summed E-state index contributed by atoms with van der Waals surface area (Å²) < 4.78 is 37.2. The number of carboxylic acid groups (broad SMARTS) is 1. The van der Waals surface area contributed by atoms with E-state index in [4.69, 9.17) is 5.11 Å². The summed E-state index contributed by atoms with van der Waals surface area (Å²) in [6.07, 6.45) is -3.52. The molecule has 1 aromatic carbocycles. The van der Waals surface area contributed by atoms with Gasteiger partial charge in [0, 0.05) is 12.1 Å². The Hall–Kier alpha value is -2.05. The van der Waals surface area contributed by atoms with Crippen molar-refractivity contribution in [1.82, 2.24) is 4.90 Å². The molecule has 0 saturated carbocycles. The Kier molecular flexibility index (Phi) is 3.69. The first-order valence-corrected chi connectivity index (χ1v) is 6.02. The van der Waals surface area contributed by atoms with Crippen LogP contribution in [0.15, 0.2) is 24.3 Å². The molecular weight excluding hydrogens is 275 g/mol. The molecule has 2 rings (SSSR count). The molecule has 0 spiro atoms. The molecule has 0 bridgehead atoms. The van der Waals surface area contributed by atoms with Gasteiger partial charge in [0.1, 0.15) is 6.04 Å². The number of nitrogens with zero attached hydrogens (tertiary/aromatic N) is 1. The van der Waals surface area contributed by atoms with Crippen LogP contribution in [0.5, 0.6) is 0 Å². The second kappa shape index (κ2) is 5.15. The smallest absolute Gasteiger partial charge is 0.416 e. The number of carboxylic acids is 1. The van der Waals surface area contributed by atoms with E-state index in [1.807, 2.05) is 0 Å². The zero-order chi connectivity index (χ0) is 14.9. The van der Waals surface area contributed by atoms with Crippen LogP contribution in [0.25, 0.3) is 0 Å². The lowest BCUT2D eigenvalue weighted by Crippen LogP contribution is -2.40. The molecule has 0 radical (unpaired) electrons. The number of hydrogen-bond acceptors (Lipinski definition) is 2. The molecule has 7 heteroatoms. The Bertz CT molecular complexity index is 525. The second-order valence-electron chi connectivity index (χ2n) is 4.57. The Morgan fingerprint density at radius 1 is 1.20 bits per heavy atom. The maximum absolute atomic E-state index is 12.4. The molecule has 1 amide bonds. The monoisotopic (exact) mass is 287 g/mol. The zero-order valence-electron chi connectivity index (χ0n) is 10.4. The zero-order valence-corrected chi connectivity index (χ0v) is 10.4. The predicted molar refractivity (Wildman–Crippen MR) is 63.1 cm³/mol. The number of benzene rings is 1. The maximum atomic E-state index is 12.4. The number of carbonyl (C=O) groups is 2. The number of alkyl halides is 3. The first kappa shape index (κ1) is 14.4. The van der Waals surface area contributed by atoms with E-state index >= 15 is 0 Å². The van der Waals surface area contributed by atoms with Gasteiger partial charge in [-0.3, -0.25) is 4.79 Å². The molecule has 108 valence electrons. The molecule has 1 saturated heterocycles. The van der Waals surface area contributed by atoms with Gasteiger partial charge in [0.2, 0.25) is 0 Å². The highest BCUT2D eigenvalue weighted by Crippen LogP contribution is 2.29. The molecule has 1 atom stereocenters. The van der Waals surface area contributed by atoms with Crippen molar-refractivity contribution in [2.75, 3.05) is 6.54 Å². The number of hydrogen-bond donors (Lipinski definition) is 1. The van der Waals surface area contributed by atoms with E-state index in [1.165, 1.54) is 4.90 Å². The van der Waals surface area contributed by atoms with E-state index in [0.29, 0.717) is 19.4 Å². The first-order valence-electron chi connectivity index (χ1n) is 6.02. The number of rotatable bonds is 2. The van der Waals surface area contributed by atoms with Gasteiger partial charge in [0.05, 0.1) is 5.56 Å². The largest absolute Gasteiger partial charge is 0.480 e. The topological polar surface area (TPSA) is 57.6 Å². The summed E-state index contributed by atoms with van der Waals surface area (Å²) in [7, 11) is 0. The molecule has 20 heavy (non-hydrogen) atoms. The number of halogens is 3. The predicted octanol–water partition coefficient (Wildman–Crippen LogP) is 2.39. The highest BCUT2D eigenvalue weighted by molar-refractivity contribution is 5.97. The number of carbonyl (C=O) groups excluding carboxylic acids is 1. The van der Waals surface area contributed by atoms with Crippen molar-refractivity contribution >= 4 is 11.9 Å². The van der Waals surface area contributed by atoms with Crippen molar-refractivity contribution in [1.29, 1.82) is 0 Å². The van der Waals surface area contributed by atoms with Gasteiger partial charge in [-0.25, -0.2) is 4.79 Å². The summed E-state index contributed by atoms with van der Waals surface area (Å²) in [6, 6.07) is 2.88. The standard InChI is InChI=1S/C13H12F3NO3/c14-13(15,16)9-5-3-8(4-6-9)11(18)17-7-1-2-10(17)12(19)20/h3-6,10H,1-2,7H2,(H,19,20)/t10-/m1/s1. The molecule has 0 unspecified atom stereocenters. The van der Waals surface area contributed by atoms with Crippen molar-refractivity contribution < 1.29 is 27.9 Å². The normalized spacial score (nSPS) is 19.1. The summed E-state index contributed by atoms with van der Waals surface area (Å²) in [5.41, 5.74) is -0.781. The fraction of sp³-hybridized carbons (Fsp3) is 0.385. The third-order valence-electron chi connectivity index (χ3n) is 3.26. The van der Waals surface area contributed by atoms with Gasteiger partial charge in [0.15, 0.2) is 0 Å². The highest BCUT2D eigenvalue weighted by atomic mass is 19.4. The number of amides is 1. The lowest BCUT2D eigenvalue weighted by Gasteiger charge is -2.21. The van der Waals surface area contributed by atoms with Crippen LogP contribution in [-0.2, 0) is 11.0 Å². The van der Waals surface area contributed by atoms with Gasteiger partial charge in [-0.05, 0) is 37.1 Å². The summed E-state index contributed by atoms with van der Waals surface area (Å²) >= 11 is 0. The molecule has 1 fully saturated rings. The van der Waals surface area contributed by atoms with Gasteiger partial charge in [-0.1, -0.05) is 0 Å². The summed E-state index contributed by atoms with van der Waals surface area (Å²) in [4.78, 5) is 24.3. The lowest BCUT2D eigenvalue weighted by atomic mass is 10.1. The van der Waals surface area contributed by atoms with Gasteiger partial charge < -0.3 is 10.0 Å². The van der Waals surface area contributed by atoms with Gasteiger partial charge >= 0.3 is 12.1 Å². The van der Waals surface area contributed by atoms with E-state index in [1.54, 1.807) is 0 Å². The minimum atomic E-state index is -4.46. The molecular formula is C13H12F3NO3. The van der Waals surface area contributed by atoms with E-state index in [9.17, 15) is 22.8 Å². The van der Waals surface area contributed by atoms with Crippen molar-refractivity contribution in [3.63, 3.8) is 0 Å². The number of likely N-dealkylation sites (tertiary alicyclic amines) is 1. The summed E-state index contributed by atoms with van der Waals surface area (Å²) in [5.74, 6) is -1.65. The Labute approximate surface area is 112 Å². The third kappa shape index (κ3) is 2.76. The lowest BCUT2D eigenvalue weighted by molar-refractivity contribution is -0.141. The van der Waals surface area contributed by atoms with Crippen LogP contribution in [0.3, 0.4) is 0 Å². The molecule has 1 aliphatic rings. The molecule has 0 aromatic heterocycles. The average molecular weight is 287 g/mol. The van der Waals surface area contributed by atoms with Crippen LogP contribution >= 0.6 is 0 Å². The minimum absolute atomic E-state index is 0.0613. The van der Waals surface area contributed by atoms with Gasteiger partial charge in [0.25, 0.3) is 5.91 Å². The fourth-order valence-corrected chi connectivity index (χ4v) is 2.23. The maximum Gasteiger partial charge on any atom is 0.416 e. The van der Waals surface area contributed by atoms with Crippen LogP contribution in [0.1, 0.15) is 28.8 Å². The van der Waals surface area contributed by atoms with Crippen LogP contribution in [-0.4, -0.2) is 34.5 Å². The molecule has 1 N–H and O–H groups in total. The summed E-state index contributed by atoms with van der Waals surface area (Å²) in [5, 5.41) is 8.99. The van der Waals surface area contributed by atoms with Crippen molar-refractivity contribution in [3.05, 3.63) is 35.4 Å². The van der Waals surface area contributed by atoms with E-state index in [-0.39, 0.29) is 5.56 Å². The fourth-order valence-electron chi connectivity index (χ4n) is 2.23. The summed E-state index contributed by atoms with van der Waals surface area (Å²) in [6.45, 7) is 0.302. The van der Waals surface area contributed by atoms with Crippen molar-refractivity contribution in [3.8, 4) is 0 Å². The SMILES string of the molecule is O=C(O)[C@H]1CCCN1C(=O)c1ccc(C(F)(F)F)cc1. The van der Waals surface area contributed by atoms with E-state index in [0.717, 1.165) is 24.3 Å². The van der Waals surface area contributed by atoms with Crippen LogP contribution < -0.4 is 0 Å². The molecule has 0 aliphatic carbocycles. The minimum Gasteiger partial charge on any atom is -0.480 e. The second-order valence-corrected chi connectivity index (χ2v) is 4.57. The quantitative estimate of drug-likeness (QED) is 0.908. The van der Waals surface area contributed by atoms with E-state index < -0.39 is 29.7 Å². The van der Waals surface area contributed by atoms with Gasteiger partial charge in [-0.15, -0.1) is 0 Å². The highest BCUT2D eigenvalue weighted by Gasteiger charge is 2.35. The van der Waals surface area contributed by atoms with E-state index in [2.05, 4.69) is 0 Å². The Morgan fingerprint density at radius 2 is 1.80 bits per heavy atom. The van der Waals surface area contributed by atoms with Crippen LogP contribution in [0.2, 0.25) is 0 Å². The number of aliphatic carboxylic acids is 1. The Morgan fingerprint density at radius 3 is 2.30 bits per heavy atom. The molecule has 4 nitrogen and oxygen atoms in total. The molecule has 1 aromatic rings. The van der Waals surface area contributed by atoms with Crippen LogP contribution in [0, 0.1) is 0 Å². The van der Waals surface area contributed by atoms with Crippen molar-refractivity contribution in [2.45, 2.75) is 25.1 Å². The molecule has 1 aliphatic heterocycles. The molecule has 1 heterocycles. The first-order chi connectivity index (χ1) is 9.30. The van der Waals surface area contributed by atoms with Crippen LogP contribution in [0.4, 0.5) is 13.2 Å².